The maximum atomic E-state index is 12.5. The van der Waals surface area contributed by atoms with E-state index in [4.69, 9.17) is 10.5 Å². The number of benzene rings is 1. The molecule has 1 saturated carbocycles. The molecule has 4 nitrogen and oxygen atoms in total. The summed E-state index contributed by atoms with van der Waals surface area (Å²) in [4.78, 5) is 14.5. The topological polar surface area (TPSA) is 55.6 Å². The summed E-state index contributed by atoms with van der Waals surface area (Å²) >= 11 is 0. The largest absolute Gasteiger partial charge is 0.496 e. The van der Waals surface area contributed by atoms with Gasteiger partial charge in [0.2, 0.25) is 5.91 Å². The standard InChI is InChI=1S/C17H26N2O2/c1-3-6-14(18)11-17(20)19(15-9-10-15)12-13-7-4-5-8-16(13)21-2/h4-5,7-8,14-15H,3,6,9-12,18H2,1-2H3. The molecule has 1 unspecified atom stereocenters. The van der Waals surface area contributed by atoms with E-state index < -0.39 is 0 Å². The van der Waals surface area contributed by atoms with E-state index >= 15 is 0 Å². The average Bonchev–Trinajstić information content (AvgIpc) is 3.29. The number of para-hydroxylation sites is 1. The Bertz CT molecular complexity index is 472. The molecule has 2 N–H and O–H groups in total. The van der Waals surface area contributed by atoms with Crippen molar-refractivity contribution in [1.29, 1.82) is 0 Å². The summed E-state index contributed by atoms with van der Waals surface area (Å²) in [7, 11) is 1.67. The van der Waals surface area contributed by atoms with Crippen LogP contribution in [0, 0.1) is 0 Å². The Hall–Kier alpha value is -1.55. The number of methoxy groups -OCH3 is 1. The second kappa shape index (κ2) is 7.46. The molecule has 1 aromatic carbocycles. The van der Waals surface area contributed by atoms with Gasteiger partial charge in [0, 0.05) is 30.6 Å². The van der Waals surface area contributed by atoms with Crippen molar-refractivity contribution >= 4 is 5.91 Å². The molecule has 2 rings (SSSR count). The van der Waals surface area contributed by atoms with Crippen molar-refractivity contribution in [1.82, 2.24) is 4.90 Å². The smallest absolute Gasteiger partial charge is 0.224 e. The SMILES string of the molecule is CCCC(N)CC(=O)N(Cc1ccccc1OC)C1CC1. The first-order valence-electron chi connectivity index (χ1n) is 7.82. The molecule has 1 atom stereocenters. The van der Waals surface area contributed by atoms with Gasteiger partial charge < -0.3 is 15.4 Å². The van der Waals surface area contributed by atoms with Crippen LogP contribution in [-0.2, 0) is 11.3 Å². The summed E-state index contributed by atoms with van der Waals surface area (Å²) in [6.45, 7) is 2.71. The van der Waals surface area contributed by atoms with Crippen molar-refractivity contribution < 1.29 is 9.53 Å². The zero-order chi connectivity index (χ0) is 15.2. The number of carbonyl (C=O) groups is 1. The Morgan fingerprint density at radius 2 is 2.14 bits per heavy atom. The van der Waals surface area contributed by atoms with E-state index in [9.17, 15) is 4.79 Å². The summed E-state index contributed by atoms with van der Waals surface area (Å²) < 4.78 is 5.38. The van der Waals surface area contributed by atoms with Gasteiger partial charge in [-0.2, -0.15) is 0 Å². The van der Waals surface area contributed by atoms with Gasteiger partial charge >= 0.3 is 0 Å². The molecule has 1 fully saturated rings. The van der Waals surface area contributed by atoms with Gasteiger partial charge in [0.1, 0.15) is 5.75 Å². The van der Waals surface area contributed by atoms with E-state index in [-0.39, 0.29) is 11.9 Å². The maximum Gasteiger partial charge on any atom is 0.224 e. The number of amides is 1. The van der Waals surface area contributed by atoms with Crippen LogP contribution in [0.25, 0.3) is 0 Å². The van der Waals surface area contributed by atoms with Crippen LogP contribution >= 0.6 is 0 Å². The predicted molar refractivity (Wildman–Crippen MR) is 84.1 cm³/mol. The van der Waals surface area contributed by atoms with Gasteiger partial charge in [0.15, 0.2) is 0 Å². The van der Waals surface area contributed by atoms with Gasteiger partial charge in [-0.05, 0) is 25.3 Å². The molecule has 0 spiro atoms. The Morgan fingerprint density at radius 3 is 2.76 bits per heavy atom. The van der Waals surface area contributed by atoms with E-state index in [1.165, 1.54) is 0 Å². The van der Waals surface area contributed by atoms with Crippen LogP contribution in [0.1, 0.15) is 44.6 Å². The number of nitrogens with zero attached hydrogens (tertiary/aromatic N) is 1. The highest BCUT2D eigenvalue weighted by Crippen LogP contribution is 2.31. The molecule has 0 heterocycles. The molecule has 1 aliphatic carbocycles. The third-order valence-electron chi connectivity index (χ3n) is 3.94. The summed E-state index contributed by atoms with van der Waals surface area (Å²) in [6.07, 6.45) is 4.57. The second-order valence-electron chi connectivity index (χ2n) is 5.82. The van der Waals surface area contributed by atoms with E-state index in [0.29, 0.717) is 19.0 Å². The number of carbonyl (C=O) groups excluding carboxylic acids is 1. The molecule has 0 saturated heterocycles. The van der Waals surface area contributed by atoms with E-state index in [1.54, 1.807) is 7.11 Å². The molecule has 1 aliphatic rings. The molecule has 1 aromatic rings. The molecule has 0 radical (unpaired) electrons. The molecule has 4 heteroatoms. The Kier molecular flexibility index (Phi) is 5.62. The Balaban J connectivity index is 2.03. The highest BCUT2D eigenvalue weighted by molar-refractivity contribution is 5.77. The zero-order valence-corrected chi connectivity index (χ0v) is 13.0. The minimum atomic E-state index is -0.0265. The maximum absolute atomic E-state index is 12.5. The molecule has 0 aromatic heterocycles. The van der Waals surface area contributed by atoms with E-state index in [2.05, 4.69) is 6.92 Å². The fourth-order valence-corrected chi connectivity index (χ4v) is 2.64. The molecular formula is C17H26N2O2. The number of ether oxygens (including phenoxy) is 1. The summed E-state index contributed by atoms with van der Waals surface area (Å²) in [5, 5.41) is 0. The first-order chi connectivity index (χ1) is 10.2. The predicted octanol–water partition coefficient (Wildman–Crippen LogP) is 2.70. The number of rotatable bonds is 8. The molecular weight excluding hydrogens is 264 g/mol. The lowest BCUT2D eigenvalue weighted by atomic mass is 10.1. The van der Waals surface area contributed by atoms with Gasteiger partial charge in [0.05, 0.1) is 7.11 Å². The summed E-state index contributed by atoms with van der Waals surface area (Å²) in [5.41, 5.74) is 7.08. The number of nitrogens with two attached hydrogens (primary N) is 1. The van der Waals surface area contributed by atoms with Gasteiger partial charge in [-0.3, -0.25) is 4.79 Å². The third kappa shape index (κ3) is 4.46. The lowest BCUT2D eigenvalue weighted by Gasteiger charge is -2.25. The average molecular weight is 290 g/mol. The van der Waals surface area contributed by atoms with Gasteiger partial charge in [-0.1, -0.05) is 31.5 Å². The minimum Gasteiger partial charge on any atom is -0.496 e. The fraction of sp³-hybridized carbons (Fsp3) is 0.588. The van der Waals surface area contributed by atoms with Gasteiger partial charge in [0.25, 0.3) is 0 Å². The lowest BCUT2D eigenvalue weighted by molar-refractivity contribution is -0.132. The van der Waals surface area contributed by atoms with Crippen molar-refractivity contribution in [2.45, 2.75) is 57.7 Å². The molecule has 116 valence electrons. The summed E-state index contributed by atoms with van der Waals surface area (Å²) in [6, 6.07) is 8.25. The van der Waals surface area contributed by atoms with E-state index in [0.717, 1.165) is 37.0 Å². The van der Waals surface area contributed by atoms with Crippen molar-refractivity contribution in [3.05, 3.63) is 29.8 Å². The van der Waals surface area contributed by atoms with Crippen molar-refractivity contribution in [2.75, 3.05) is 7.11 Å². The molecule has 1 amide bonds. The molecule has 0 bridgehead atoms. The van der Waals surface area contributed by atoms with Crippen LogP contribution in [0.5, 0.6) is 5.75 Å². The zero-order valence-electron chi connectivity index (χ0n) is 13.0. The quantitative estimate of drug-likeness (QED) is 0.801. The van der Waals surface area contributed by atoms with Crippen molar-refractivity contribution in [3.8, 4) is 5.75 Å². The van der Waals surface area contributed by atoms with Crippen LogP contribution in [0.4, 0.5) is 0 Å². The number of hydrogen-bond acceptors (Lipinski definition) is 3. The first kappa shape index (κ1) is 15.8. The van der Waals surface area contributed by atoms with Crippen molar-refractivity contribution in [3.63, 3.8) is 0 Å². The number of hydrogen-bond donors (Lipinski definition) is 1. The van der Waals surface area contributed by atoms with Crippen LogP contribution in [0.3, 0.4) is 0 Å². The lowest BCUT2D eigenvalue weighted by Crippen LogP contribution is -2.37. The fourth-order valence-electron chi connectivity index (χ4n) is 2.64. The van der Waals surface area contributed by atoms with E-state index in [1.807, 2.05) is 29.2 Å². The highest BCUT2D eigenvalue weighted by atomic mass is 16.5. The first-order valence-corrected chi connectivity index (χ1v) is 7.82. The van der Waals surface area contributed by atoms with Crippen LogP contribution in [0.2, 0.25) is 0 Å². The van der Waals surface area contributed by atoms with Crippen LogP contribution in [-0.4, -0.2) is 30.0 Å². The highest BCUT2D eigenvalue weighted by Gasteiger charge is 2.33. The summed E-state index contributed by atoms with van der Waals surface area (Å²) in [5.74, 6) is 1.01. The Morgan fingerprint density at radius 1 is 1.43 bits per heavy atom. The third-order valence-corrected chi connectivity index (χ3v) is 3.94. The molecule has 21 heavy (non-hydrogen) atoms. The van der Waals surface area contributed by atoms with Crippen LogP contribution < -0.4 is 10.5 Å². The van der Waals surface area contributed by atoms with Crippen LogP contribution in [0.15, 0.2) is 24.3 Å². The van der Waals surface area contributed by atoms with Crippen molar-refractivity contribution in [2.24, 2.45) is 5.73 Å². The monoisotopic (exact) mass is 290 g/mol. The van der Waals surface area contributed by atoms with Gasteiger partial charge in [-0.25, -0.2) is 0 Å². The molecule has 0 aliphatic heterocycles. The van der Waals surface area contributed by atoms with Gasteiger partial charge in [-0.15, -0.1) is 0 Å². The second-order valence-corrected chi connectivity index (χ2v) is 5.82. The Labute approximate surface area is 127 Å². The normalized spacial score (nSPS) is 15.6. The minimum absolute atomic E-state index is 0.0265.